The molecule has 2 aromatic carbocycles. The summed E-state index contributed by atoms with van der Waals surface area (Å²) in [5, 5.41) is 3.36. The molecule has 1 heterocycles. The van der Waals surface area contributed by atoms with E-state index in [1.54, 1.807) is 6.07 Å². The van der Waals surface area contributed by atoms with Crippen molar-refractivity contribution in [2.45, 2.75) is 32.4 Å². The van der Waals surface area contributed by atoms with Gasteiger partial charge in [0, 0.05) is 25.7 Å². The molecule has 1 aliphatic rings. The summed E-state index contributed by atoms with van der Waals surface area (Å²) in [5.41, 5.74) is 2.95. The summed E-state index contributed by atoms with van der Waals surface area (Å²) in [4.78, 5) is 2.47. The third-order valence-corrected chi connectivity index (χ3v) is 4.32. The van der Waals surface area contributed by atoms with E-state index in [2.05, 4.69) is 40.5 Å². The van der Waals surface area contributed by atoms with Gasteiger partial charge in [-0.2, -0.15) is 0 Å². The summed E-state index contributed by atoms with van der Waals surface area (Å²) in [7, 11) is 0. The maximum Gasteiger partial charge on any atom is 0.146 e. The molecule has 0 aliphatic carbocycles. The number of nitrogens with zero attached hydrogens (tertiary/aromatic N) is 1. The van der Waals surface area contributed by atoms with Crippen molar-refractivity contribution in [1.82, 2.24) is 4.90 Å². The Bertz CT molecular complexity index is 604. The molecule has 116 valence electrons. The van der Waals surface area contributed by atoms with Crippen LogP contribution in [-0.4, -0.2) is 24.0 Å². The molecule has 0 aromatic heterocycles. The molecule has 0 radical (unpaired) electrons. The van der Waals surface area contributed by atoms with Crippen molar-refractivity contribution in [2.75, 3.05) is 18.4 Å². The number of hydrogen-bond acceptors (Lipinski definition) is 2. The third-order valence-electron chi connectivity index (χ3n) is 4.32. The van der Waals surface area contributed by atoms with Crippen molar-refractivity contribution in [3.05, 3.63) is 65.5 Å². The number of likely N-dealkylation sites (tertiary alicyclic amines) is 1. The molecule has 0 spiro atoms. The van der Waals surface area contributed by atoms with Crippen LogP contribution in [-0.2, 0) is 6.54 Å². The van der Waals surface area contributed by atoms with Crippen molar-refractivity contribution in [1.29, 1.82) is 0 Å². The van der Waals surface area contributed by atoms with Crippen molar-refractivity contribution < 1.29 is 4.39 Å². The first-order valence-corrected chi connectivity index (χ1v) is 8.00. The highest BCUT2D eigenvalue weighted by molar-refractivity contribution is 5.47. The highest BCUT2D eigenvalue weighted by Gasteiger charge is 2.19. The summed E-state index contributed by atoms with van der Waals surface area (Å²) < 4.78 is 13.9. The summed E-state index contributed by atoms with van der Waals surface area (Å²) in [5.74, 6) is -0.147. The number of piperidine rings is 1. The van der Waals surface area contributed by atoms with E-state index in [0.29, 0.717) is 11.7 Å². The lowest BCUT2D eigenvalue weighted by atomic mass is 10.0. The standard InChI is InChI=1S/C19H23FN2/c1-15-7-8-19(18(20)13-15)21-17-9-11-22(12-10-17)14-16-5-3-2-4-6-16/h2-8,13,17,21H,9-12,14H2,1H3. The van der Waals surface area contributed by atoms with Gasteiger partial charge in [-0.05, 0) is 43.0 Å². The number of benzene rings is 2. The lowest BCUT2D eigenvalue weighted by Crippen LogP contribution is -2.38. The molecule has 0 amide bonds. The van der Waals surface area contributed by atoms with Crippen LogP contribution in [0.2, 0.25) is 0 Å². The van der Waals surface area contributed by atoms with Gasteiger partial charge in [-0.3, -0.25) is 4.90 Å². The van der Waals surface area contributed by atoms with Crippen molar-refractivity contribution in [3.63, 3.8) is 0 Å². The van der Waals surface area contributed by atoms with Crippen LogP contribution in [0.25, 0.3) is 0 Å². The number of aryl methyl sites for hydroxylation is 1. The first-order valence-electron chi connectivity index (χ1n) is 8.00. The summed E-state index contributed by atoms with van der Waals surface area (Å²) in [6.45, 7) is 5.03. The van der Waals surface area contributed by atoms with E-state index in [1.807, 2.05) is 19.1 Å². The molecule has 1 N–H and O–H groups in total. The zero-order valence-electron chi connectivity index (χ0n) is 13.1. The molecule has 1 fully saturated rings. The Morgan fingerprint density at radius 1 is 1.09 bits per heavy atom. The van der Waals surface area contributed by atoms with Gasteiger partial charge >= 0.3 is 0 Å². The van der Waals surface area contributed by atoms with Crippen molar-refractivity contribution in [3.8, 4) is 0 Å². The monoisotopic (exact) mass is 298 g/mol. The Morgan fingerprint density at radius 3 is 2.50 bits per heavy atom. The minimum Gasteiger partial charge on any atom is -0.380 e. The predicted molar refractivity (Wildman–Crippen MR) is 89.5 cm³/mol. The second kappa shape index (κ2) is 6.93. The van der Waals surface area contributed by atoms with Gasteiger partial charge in [0.05, 0.1) is 5.69 Å². The third kappa shape index (κ3) is 3.86. The fraction of sp³-hybridized carbons (Fsp3) is 0.368. The number of anilines is 1. The Labute approximate surface area is 132 Å². The van der Waals surface area contributed by atoms with Gasteiger partial charge in [0.1, 0.15) is 5.82 Å². The first kappa shape index (κ1) is 15.0. The molecule has 0 unspecified atom stereocenters. The Balaban J connectivity index is 1.51. The van der Waals surface area contributed by atoms with Gasteiger partial charge < -0.3 is 5.32 Å². The fourth-order valence-corrected chi connectivity index (χ4v) is 3.03. The van der Waals surface area contributed by atoms with Crippen LogP contribution < -0.4 is 5.32 Å². The van der Waals surface area contributed by atoms with E-state index in [4.69, 9.17) is 0 Å². The Hall–Kier alpha value is -1.87. The average molecular weight is 298 g/mol. The number of halogens is 1. The number of rotatable bonds is 4. The van der Waals surface area contributed by atoms with Gasteiger partial charge in [-0.15, -0.1) is 0 Å². The van der Waals surface area contributed by atoms with E-state index in [0.717, 1.165) is 38.0 Å². The summed E-state index contributed by atoms with van der Waals surface area (Å²) in [6, 6.07) is 16.3. The molecule has 22 heavy (non-hydrogen) atoms. The van der Waals surface area contributed by atoms with E-state index in [-0.39, 0.29) is 5.82 Å². The van der Waals surface area contributed by atoms with Crippen LogP contribution in [0.15, 0.2) is 48.5 Å². The molecule has 3 heteroatoms. The molecule has 0 bridgehead atoms. The van der Waals surface area contributed by atoms with Gasteiger partial charge in [0.2, 0.25) is 0 Å². The quantitative estimate of drug-likeness (QED) is 0.909. The second-order valence-corrected chi connectivity index (χ2v) is 6.16. The van der Waals surface area contributed by atoms with E-state index < -0.39 is 0 Å². The predicted octanol–water partition coefficient (Wildman–Crippen LogP) is 4.21. The second-order valence-electron chi connectivity index (χ2n) is 6.16. The SMILES string of the molecule is Cc1ccc(NC2CCN(Cc3ccccc3)CC2)c(F)c1. The maximum absolute atomic E-state index is 13.9. The summed E-state index contributed by atoms with van der Waals surface area (Å²) in [6.07, 6.45) is 2.11. The van der Waals surface area contributed by atoms with Crippen LogP contribution in [0.4, 0.5) is 10.1 Å². The normalized spacial score (nSPS) is 16.6. The van der Waals surface area contributed by atoms with Crippen LogP contribution in [0.3, 0.4) is 0 Å². The average Bonchev–Trinajstić information content (AvgIpc) is 2.53. The molecular formula is C19H23FN2. The Kier molecular flexibility index (Phi) is 4.74. The zero-order valence-corrected chi connectivity index (χ0v) is 13.1. The maximum atomic E-state index is 13.9. The molecule has 2 nitrogen and oxygen atoms in total. The zero-order chi connectivity index (χ0) is 15.4. The number of hydrogen-bond donors (Lipinski definition) is 1. The highest BCUT2D eigenvalue weighted by Crippen LogP contribution is 2.21. The molecule has 1 aliphatic heterocycles. The molecule has 1 saturated heterocycles. The van der Waals surface area contributed by atoms with Crippen LogP contribution in [0.1, 0.15) is 24.0 Å². The lowest BCUT2D eigenvalue weighted by Gasteiger charge is -2.33. The molecule has 3 rings (SSSR count). The van der Waals surface area contributed by atoms with Crippen LogP contribution in [0, 0.1) is 12.7 Å². The summed E-state index contributed by atoms with van der Waals surface area (Å²) >= 11 is 0. The van der Waals surface area contributed by atoms with Crippen molar-refractivity contribution >= 4 is 5.69 Å². The van der Waals surface area contributed by atoms with Crippen molar-refractivity contribution in [2.24, 2.45) is 0 Å². The molecule has 0 saturated carbocycles. The van der Waals surface area contributed by atoms with Gasteiger partial charge in [-0.25, -0.2) is 4.39 Å². The molecular weight excluding hydrogens is 275 g/mol. The Morgan fingerprint density at radius 2 is 1.82 bits per heavy atom. The first-order chi connectivity index (χ1) is 10.7. The van der Waals surface area contributed by atoms with Crippen LogP contribution in [0.5, 0.6) is 0 Å². The van der Waals surface area contributed by atoms with Crippen LogP contribution >= 0.6 is 0 Å². The van der Waals surface area contributed by atoms with Gasteiger partial charge in [0.25, 0.3) is 0 Å². The smallest absolute Gasteiger partial charge is 0.146 e. The molecule has 2 aromatic rings. The highest BCUT2D eigenvalue weighted by atomic mass is 19.1. The minimum absolute atomic E-state index is 0.147. The number of nitrogens with one attached hydrogen (secondary N) is 1. The van der Waals surface area contributed by atoms with Gasteiger partial charge in [-0.1, -0.05) is 36.4 Å². The van der Waals surface area contributed by atoms with Gasteiger partial charge in [0.15, 0.2) is 0 Å². The largest absolute Gasteiger partial charge is 0.380 e. The molecule has 0 atom stereocenters. The fourth-order valence-electron chi connectivity index (χ4n) is 3.03. The van der Waals surface area contributed by atoms with E-state index >= 15 is 0 Å². The van der Waals surface area contributed by atoms with E-state index in [9.17, 15) is 4.39 Å². The topological polar surface area (TPSA) is 15.3 Å². The van der Waals surface area contributed by atoms with E-state index in [1.165, 1.54) is 5.56 Å². The lowest BCUT2D eigenvalue weighted by molar-refractivity contribution is 0.211. The minimum atomic E-state index is -0.147.